The van der Waals surface area contributed by atoms with E-state index in [1.54, 1.807) is 0 Å². The molecule has 0 aliphatic rings. The number of hydrogen-bond donors (Lipinski definition) is 2. The molecule has 0 aliphatic heterocycles. The maximum Gasteiger partial charge on any atom is 0.257 e. The van der Waals surface area contributed by atoms with Crippen molar-refractivity contribution in [3.05, 3.63) is 40.8 Å². The molecule has 0 aliphatic carbocycles. The Balaban J connectivity index is 2.72. The van der Waals surface area contributed by atoms with E-state index in [2.05, 4.69) is 9.97 Å². The number of fused-ring (bicyclic) bond motifs is 3. The second-order valence-corrected chi connectivity index (χ2v) is 3.49. The van der Waals surface area contributed by atoms with E-state index in [1.807, 2.05) is 24.3 Å². The van der Waals surface area contributed by atoms with Crippen LogP contribution in [0, 0.1) is 0 Å². The van der Waals surface area contributed by atoms with Crippen molar-refractivity contribution in [2.75, 3.05) is 0 Å². The van der Waals surface area contributed by atoms with Crippen molar-refractivity contribution in [2.24, 2.45) is 0 Å². The Morgan fingerprint density at radius 1 is 1.20 bits per heavy atom. The van der Waals surface area contributed by atoms with Gasteiger partial charge in [0.1, 0.15) is 7.85 Å². The molecule has 0 atom stereocenters. The first-order chi connectivity index (χ1) is 7.27. The average molecular weight is 194 g/mol. The molecule has 3 aromatic rings. The van der Waals surface area contributed by atoms with Gasteiger partial charge in [-0.25, -0.2) is 0 Å². The second-order valence-electron chi connectivity index (χ2n) is 3.49. The number of rotatable bonds is 0. The second kappa shape index (κ2) is 2.76. The van der Waals surface area contributed by atoms with E-state index >= 15 is 0 Å². The van der Waals surface area contributed by atoms with Crippen LogP contribution in [0.2, 0.25) is 0 Å². The number of para-hydroxylation sites is 1. The minimum Gasteiger partial charge on any atom is -0.355 e. The number of aromatic nitrogens is 2. The molecule has 2 N–H and O–H groups in total. The van der Waals surface area contributed by atoms with Crippen molar-refractivity contribution in [1.82, 2.24) is 9.97 Å². The van der Waals surface area contributed by atoms with Gasteiger partial charge in [-0.2, -0.15) is 0 Å². The largest absolute Gasteiger partial charge is 0.355 e. The van der Waals surface area contributed by atoms with Crippen LogP contribution in [-0.4, -0.2) is 17.8 Å². The van der Waals surface area contributed by atoms with Crippen LogP contribution in [0.15, 0.2) is 35.3 Å². The van der Waals surface area contributed by atoms with Crippen LogP contribution in [0.25, 0.3) is 21.8 Å². The summed E-state index contributed by atoms with van der Waals surface area (Å²) in [6, 6.07) is 7.65. The predicted octanol–water partition coefficient (Wildman–Crippen LogP) is 0.803. The summed E-state index contributed by atoms with van der Waals surface area (Å²) >= 11 is 0. The van der Waals surface area contributed by atoms with E-state index in [0.717, 1.165) is 10.9 Å². The van der Waals surface area contributed by atoms with Gasteiger partial charge < -0.3 is 9.97 Å². The van der Waals surface area contributed by atoms with Gasteiger partial charge in [-0.1, -0.05) is 23.7 Å². The lowest BCUT2D eigenvalue weighted by atomic mass is 9.96. The lowest BCUT2D eigenvalue weighted by Crippen LogP contribution is -2.14. The summed E-state index contributed by atoms with van der Waals surface area (Å²) in [4.78, 5) is 17.4. The van der Waals surface area contributed by atoms with Crippen LogP contribution in [-0.2, 0) is 0 Å². The number of nitrogens with one attached hydrogen (secondary N) is 2. The van der Waals surface area contributed by atoms with Gasteiger partial charge in [-0.05, 0) is 12.3 Å². The number of H-pyrrole nitrogens is 2. The highest BCUT2D eigenvalue weighted by molar-refractivity contribution is 6.39. The SMILES string of the molecule is [B]c1c[nH]c(=O)c2c1[nH]c1ccccc12. The molecule has 0 saturated heterocycles. The van der Waals surface area contributed by atoms with Gasteiger partial charge in [0.05, 0.1) is 5.39 Å². The highest BCUT2D eigenvalue weighted by atomic mass is 16.1. The van der Waals surface area contributed by atoms with E-state index in [9.17, 15) is 4.79 Å². The monoisotopic (exact) mass is 194 g/mol. The van der Waals surface area contributed by atoms with Gasteiger partial charge in [-0.3, -0.25) is 4.79 Å². The molecule has 0 saturated carbocycles. The molecule has 1 aromatic carbocycles. The molecule has 0 spiro atoms. The molecule has 0 amide bonds. The van der Waals surface area contributed by atoms with Crippen LogP contribution < -0.4 is 11.0 Å². The van der Waals surface area contributed by atoms with E-state index in [-0.39, 0.29) is 5.56 Å². The summed E-state index contributed by atoms with van der Waals surface area (Å²) in [5, 5.41) is 1.53. The number of pyridine rings is 1. The minimum absolute atomic E-state index is 0.114. The van der Waals surface area contributed by atoms with E-state index in [0.29, 0.717) is 16.4 Å². The summed E-state index contributed by atoms with van der Waals surface area (Å²) < 4.78 is 0. The lowest BCUT2D eigenvalue weighted by molar-refractivity contribution is 1.29. The molecule has 3 rings (SSSR count). The molecule has 4 heteroatoms. The summed E-state index contributed by atoms with van der Waals surface area (Å²) in [5.41, 5.74) is 2.08. The fourth-order valence-electron chi connectivity index (χ4n) is 1.88. The Kier molecular flexibility index (Phi) is 1.54. The van der Waals surface area contributed by atoms with Crippen LogP contribution in [0.3, 0.4) is 0 Å². The maximum atomic E-state index is 11.7. The van der Waals surface area contributed by atoms with E-state index in [1.165, 1.54) is 6.20 Å². The fraction of sp³-hybridized carbons (Fsp3) is 0. The number of benzene rings is 1. The number of hydrogen-bond acceptors (Lipinski definition) is 1. The first kappa shape index (κ1) is 8.35. The van der Waals surface area contributed by atoms with Gasteiger partial charge in [0.2, 0.25) is 0 Å². The number of aromatic amines is 2. The van der Waals surface area contributed by atoms with Crippen molar-refractivity contribution in [2.45, 2.75) is 0 Å². The van der Waals surface area contributed by atoms with Crippen molar-refractivity contribution in [1.29, 1.82) is 0 Å². The summed E-state index contributed by atoms with van der Waals surface area (Å²) in [6.45, 7) is 0. The van der Waals surface area contributed by atoms with Gasteiger partial charge in [0.15, 0.2) is 0 Å². The Hall–Kier alpha value is -1.97. The Labute approximate surface area is 86.5 Å². The zero-order chi connectivity index (χ0) is 10.4. The summed E-state index contributed by atoms with van der Waals surface area (Å²) in [7, 11) is 5.79. The zero-order valence-electron chi connectivity index (χ0n) is 7.87. The van der Waals surface area contributed by atoms with Crippen molar-refractivity contribution in [3.63, 3.8) is 0 Å². The molecule has 0 fully saturated rings. The maximum absolute atomic E-state index is 11.7. The Bertz CT molecular complexity index is 711. The smallest absolute Gasteiger partial charge is 0.257 e. The molecule has 15 heavy (non-hydrogen) atoms. The molecule has 2 heterocycles. The highest BCUT2D eigenvalue weighted by Gasteiger charge is 2.08. The first-order valence-electron chi connectivity index (χ1n) is 4.65. The zero-order valence-corrected chi connectivity index (χ0v) is 7.87. The quantitative estimate of drug-likeness (QED) is 0.511. The van der Waals surface area contributed by atoms with E-state index < -0.39 is 0 Å². The Morgan fingerprint density at radius 2 is 2.00 bits per heavy atom. The van der Waals surface area contributed by atoms with E-state index in [4.69, 9.17) is 7.85 Å². The summed E-state index contributed by atoms with van der Waals surface area (Å²) in [6.07, 6.45) is 1.51. The van der Waals surface area contributed by atoms with Crippen LogP contribution in [0.1, 0.15) is 0 Å². The van der Waals surface area contributed by atoms with Gasteiger partial charge >= 0.3 is 0 Å². The fourth-order valence-corrected chi connectivity index (χ4v) is 1.88. The third-order valence-corrected chi connectivity index (χ3v) is 2.58. The summed E-state index contributed by atoms with van der Waals surface area (Å²) in [5.74, 6) is 0. The third kappa shape index (κ3) is 1.05. The average Bonchev–Trinajstić information content (AvgIpc) is 2.64. The van der Waals surface area contributed by atoms with Gasteiger partial charge in [0.25, 0.3) is 5.56 Å². The molecule has 0 unspecified atom stereocenters. The molecular formula is C11H7BN2O. The molecule has 2 aromatic heterocycles. The van der Waals surface area contributed by atoms with Crippen LogP contribution >= 0.6 is 0 Å². The van der Waals surface area contributed by atoms with Gasteiger partial charge in [-0.15, -0.1) is 0 Å². The Morgan fingerprint density at radius 3 is 2.87 bits per heavy atom. The first-order valence-corrected chi connectivity index (χ1v) is 4.65. The topological polar surface area (TPSA) is 48.6 Å². The lowest BCUT2D eigenvalue weighted by Gasteiger charge is -1.93. The van der Waals surface area contributed by atoms with Crippen LogP contribution in [0.5, 0.6) is 0 Å². The molecule has 2 radical (unpaired) electrons. The van der Waals surface area contributed by atoms with Crippen molar-refractivity contribution in [3.8, 4) is 0 Å². The molecule has 3 nitrogen and oxygen atoms in total. The van der Waals surface area contributed by atoms with Gasteiger partial charge in [0, 0.05) is 16.4 Å². The standard InChI is InChI=1S/C11H7BN2O/c12-7-5-13-11(15)9-6-3-1-2-4-8(6)14-10(7)9/h1-5,14H,(H,13,15). The molecular weight excluding hydrogens is 187 g/mol. The molecule has 70 valence electrons. The minimum atomic E-state index is -0.114. The van der Waals surface area contributed by atoms with Crippen molar-refractivity contribution < 1.29 is 0 Å². The third-order valence-electron chi connectivity index (χ3n) is 2.58. The van der Waals surface area contributed by atoms with Crippen molar-refractivity contribution >= 4 is 35.1 Å². The molecule has 0 bridgehead atoms. The van der Waals surface area contributed by atoms with Crippen LogP contribution in [0.4, 0.5) is 0 Å². The normalized spacial score (nSPS) is 11.2. The predicted molar refractivity (Wildman–Crippen MR) is 61.8 cm³/mol. The highest BCUT2D eigenvalue weighted by Crippen LogP contribution is 2.19.